The van der Waals surface area contributed by atoms with Crippen LogP contribution in [0.15, 0.2) is 65.2 Å². The molecule has 0 spiro atoms. The molecule has 6 heteroatoms. The van der Waals surface area contributed by atoms with E-state index in [1.54, 1.807) is 0 Å². The van der Waals surface area contributed by atoms with Crippen LogP contribution >= 0.6 is 0 Å². The maximum absolute atomic E-state index is 12.6. The predicted molar refractivity (Wildman–Crippen MR) is 98.3 cm³/mol. The molecule has 1 aromatic heterocycles. The van der Waals surface area contributed by atoms with E-state index in [1.807, 2.05) is 67.6 Å². The Morgan fingerprint density at radius 2 is 1.77 bits per heavy atom. The van der Waals surface area contributed by atoms with E-state index in [1.165, 1.54) is 0 Å². The lowest BCUT2D eigenvalue weighted by atomic mass is 9.98. The van der Waals surface area contributed by atoms with E-state index in [2.05, 4.69) is 15.5 Å². The van der Waals surface area contributed by atoms with Gasteiger partial charge in [0.2, 0.25) is 11.8 Å². The van der Waals surface area contributed by atoms with Crippen LogP contribution in [-0.4, -0.2) is 22.6 Å². The fourth-order valence-corrected chi connectivity index (χ4v) is 2.74. The Balaban J connectivity index is 1.64. The lowest BCUT2D eigenvalue weighted by Crippen LogP contribution is -2.35. The van der Waals surface area contributed by atoms with Gasteiger partial charge < -0.3 is 15.6 Å². The summed E-state index contributed by atoms with van der Waals surface area (Å²) in [5, 5.41) is 6.91. The molecule has 0 aliphatic rings. The highest BCUT2D eigenvalue weighted by Gasteiger charge is 2.23. The summed E-state index contributed by atoms with van der Waals surface area (Å²) in [6.45, 7) is 2.06. The standard InChI is InChI=1S/C20H22N4O2/c1-14(22-20(25)17(13-21)16-10-6-3-7-11-16)19-23-18(26-24-19)12-15-8-4-2-5-9-15/h2-11,14,17H,12-13,21H2,1H3,(H,22,25). The number of nitrogens with two attached hydrogens (primary N) is 1. The van der Waals surface area contributed by atoms with Crippen LogP contribution < -0.4 is 11.1 Å². The van der Waals surface area contributed by atoms with Crippen molar-refractivity contribution in [2.75, 3.05) is 6.54 Å². The van der Waals surface area contributed by atoms with Gasteiger partial charge in [0.25, 0.3) is 0 Å². The zero-order chi connectivity index (χ0) is 18.4. The maximum atomic E-state index is 12.6. The van der Waals surface area contributed by atoms with Gasteiger partial charge in [-0.15, -0.1) is 0 Å². The Bertz CT molecular complexity index is 833. The van der Waals surface area contributed by atoms with Gasteiger partial charge in [0.15, 0.2) is 5.82 Å². The van der Waals surface area contributed by atoms with Gasteiger partial charge in [-0.2, -0.15) is 4.98 Å². The fraction of sp³-hybridized carbons (Fsp3) is 0.250. The van der Waals surface area contributed by atoms with Crippen LogP contribution in [0.1, 0.15) is 41.7 Å². The normalized spacial score (nSPS) is 13.2. The van der Waals surface area contributed by atoms with E-state index in [-0.39, 0.29) is 18.5 Å². The number of benzene rings is 2. The molecule has 0 aliphatic carbocycles. The summed E-state index contributed by atoms with van der Waals surface area (Å²) in [5.74, 6) is 0.411. The van der Waals surface area contributed by atoms with Crippen LogP contribution in [0.3, 0.4) is 0 Å². The molecule has 3 aromatic rings. The quantitative estimate of drug-likeness (QED) is 0.683. The summed E-state index contributed by atoms with van der Waals surface area (Å²) in [5.41, 5.74) is 7.78. The van der Waals surface area contributed by atoms with E-state index in [0.29, 0.717) is 18.1 Å². The van der Waals surface area contributed by atoms with Gasteiger partial charge in [0, 0.05) is 6.54 Å². The first kappa shape index (κ1) is 17.8. The van der Waals surface area contributed by atoms with Crippen molar-refractivity contribution in [3.8, 4) is 0 Å². The number of carbonyl (C=O) groups excluding carboxylic acids is 1. The third-order valence-electron chi connectivity index (χ3n) is 4.18. The van der Waals surface area contributed by atoms with E-state index in [4.69, 9.17) is 10.3 Å². The van der Waals surface area contributed by atoms with E-state index >= 15 is 0 Å². The SMILES string of the molecule is CC(NC(=O)C(CN)c1ccccc1)c1noc(Cc2ccccc2)n1. The number of rotatable bonds is 7. The monoisotopic (exact) mass is 350 g/mol. The molecular formula is C20H22N4O2. The minimum absolute atomic E-state index is 0.152. The first-order valence-electron chi connectivity index (χ1n) is 8.59. The molecule has 3 rings (SSSR count). The number of nitrogens with zero attached hydrogens (tertiary/aromatic N) is 2. The number of hydrogen-bond acceptors (Lipinski definition) is 5. The number of hydrogen-bond donors (Lipinski definition) is 2. The second kappa shape index (κ2) is 8.40. The molecule has 3 N–H and O–H groups in total. The molecule has 1 amide bonds. The van der Waals surface area contributed by atoms with Crippen LogP contribution in [-0.2, 0) is 11.2 Å². The van der Waals surface area contributed by atoms with Crippen LogP contribution in [0.25, 0.3) is 0 Å². The van der Waals surface area contributed by atoms with Gasteiger partial charge >= 0.3 is 0 Å². The Morgan fingerprint density at radius 1 is 1.12 bits per heavy atom. The van der Waals surface area contributed by atoms with Crippen LogP contribution in [0.4, 0.5) is 0 Å². The Labute approximate surface area is 152 Å². The Morgan fingerprint density at radius 3 is 2.42 bits per heavy atom. The molecule has 1 heterocycles. The summed E-state index contributed by atoms with van der Waals surface area (Å²) in [6, 6.07) is 19.0. The van der Waals surface area contributed by atoms with Crippen molar-refractivity contribution in [1.29, 1.82) is 0 Å². The molecule has 26 heavy (non-hydrogen) atoms. The molecule has 134 valence electrons. The molecular weight excluding hydrogens is 328 g/mol. The Kier molecular flexibility index (Phi) is 5.76. The molecule has 0 radical (unpaired) electrons. The van der Waals surface area contributed by atoms with Gasteiger partial charge in [0.05, 0.1) is 18.4 Å². The first-order valence-corrected chi connectivity index (χ1v) is 8.59. The average Bonchev–Trinajstić information content (AvgIpc) is 3.13. The summed E-state index contributed by atoms with van der Waals surface area (Å²) >= 11 is 0. The van der Waals surface area contributed by atoms with Crippen molar-refractivity contribution >= 4 is 5.91 Å². The molecule has 0 saturated heterocycles. The van der Waals surface area contributed by atoms with Crippen molar-refractivity contribution in [3.63, 3.8) is 0 Å². The highest BCUT2D eigenvalue weighted by molar-refractivity contribution is 5.84. The molecule has 0 saturated carbocycles. The second-order valence-electron chi connectivity index (χ2n) is 6.14. The summed E-state index contributed by atoms with van der Waals surface area (Å²) in [7, 11) is 0. The molecule has 0 aliphatic heterocycles. The van der Waals surface area contributed by atoms with Crippen LogP contribution in [0, 0.1) is 0 Å². The molecule has 2 atom stereocenters. The van der Waals surface area contributed by atoms with Gasteiger partial charge in [-0.3, -0.25) is 4.79 Å². The minimum atomic E-state index is -0.408. The highest BCUT2D eigenvalue weighted by atomic mass is 16.5. The highest BCUT2D eigenvalue weighted by Crippen LogP contribution is 2.17. The predicted octanol–water partition coefficient (Wildman–Crippen LogP) is 2.58. The molecule has 0 fully saturated rings. The third-order valence-corrected chi connectivity index (χ3v) is 4.18. The van der Waals surface area contributed by atoms with E-state index < -0.39 is 5.92 Å². The topological polar surface area (TPSA) is 94.0 Å². The fourth-order valence-electron chi connectivity index (χ4n) is 2.74. The largest absolute Gasteiger partial charge is 0.346 e. The summed E-state index contributed by atoms with van der Waals surface area (Å²) in [4.78, 5) is 17.0. The number of aromatic nitrogens is 2. The summed E-state index contributed by atoms with van der Waals surface area (Å²) in [6.07, 6.45) is 0.559. The third kappa shape index (κ3) is 4.34. The second-order valence-corrected chi connectivity index (χ2v) is 6.14. The Hall–Kier alpha value is -2.99. The van der Waals surface area contributed by atoms with Gasteiger partial charge in [-0.25, -0.2) is 0 Å². The molecule has 2 aromatic carbocycles. The number of carbonyl (C=O) groups is 1. The zero-order valence-electron chi connectivity index (χ0n) is 14.6. The summed E-state index contributed by atoms with van der Waals surface area (Å²) < 4.78 is 5.31. The lowest BCUT2D eigenvalue weighted by Gasteiger charge is -2.17. The number of amides is 1. The van der Waals surface area contributed by atoms with Crippen molar-refractivity contribution in [3.05, 3.63) is 83.5 Å². The first-order chi connectivity index (χ1) is 12.7. The van der Waals surface area contributed by atoms with Crippen LogP contribution in [0.2, 0.25) is 0 Å². The molecule has 0 bridgehead atoms. The van der Waals surface area contributed by atoms with Crippen molar-refractivity contribution < 1.29 is 9.32 Å². The average molecular weight is 350 g/mol. The number of nitrogens with one attached hydrogen (secondary N) is 1. The minimum Gasteiger partial charge on any atom is -0.346 e. The molecule has 6 nitrogen and oxygen atoms in total. The van der Waals surface area contributed by atoms with Crippen molar-refractivity contribution in [1.82, 2.24) is 15.5 Å². The lowest BCUT2D eigenvalue weighted by molar-refractivity contribution is -0.123. The van der Waals surface area contributed by atoms with Gasteiger partial charge in [-0.05, 0) is 18.1 Å². The van der Waals surface area contributed by atoms with Gasteiger partial charge in [-0.1, -0.05) is 65.8 Å². The van der Waals surface area contributed by atoms with Crippen molar-refractivity contribution in [2.45, 2.75) is 25.3 Å². The maximum Gasteiger partial charge on any atom is 0.231 e. The van der Waals surface area contributed by atoms with E-state index in [9.17, 15) is 4.79 Å². The molecule has 2 unspecified atom stereocenters. The smallest absolute Gasteiger partial charge is 0.231 e. The van der Waals surface area contributed by atoms with E-state index in [0.717, 1.165) is 11.1 Å². The zero-order valence-corrected chi connectivity index (χ0v) is 14.6. The van der Waals surface area contributed by atoms with Gasteiger partial charge in [0.1, 0.15) is 0 Å². The van der Waals surface area contributed by atoms with Crippen molar-refractivity contribution in [2.24, 2.45) is 5.73 Å². The van der Waals surface area contributed by atoms with Crippen LogP contribution in [0.5, 0.6) is 0 Å².